The third kappa shape index (κ3) is 4.06. The lowest BCUT2D eigenvalue weighted by Gasteiger charge is -2.16. The number of carboxylic acid groups (broad SMARTS) is 1. The predicted molar refractivity (Wildman–Crippen MR) is 59.0 cm³/mol. The summed E-state index contributed by atoms with van der Waals surface area (Å²) in [6, 6.07) is -0.110. The smallest absolute Gasteiger partial charge is 0.317 e. The van der Waals surface area contributed by atoms with Crippen LogP contribution >= 0.6 is 0 Å². The Morgan fingerprint density at radius 2 is 2.25 bits per heavy atom. The number of nitrogens with zero attached hydrogens (tertiary/aromatic N) is 1. The standard InChI is InChI=1S/C10H19N3O3/c11-6-8-3-5-13(7-8)10(16)12-4-1-2-9(14)15/h8H,1-7,11H2,(H,12,16)(H,14,15). The van der Waals surface area contributed by atoms with E-state index in [0.717, 1.165) is 13.0 Å². The van der Waals surface area contributed by atoms with Crippen LogP contribution in [0.4, 0.5) is 4.79 Å². The van der Waals surface area contributed by atoms with Gasteiger partial charge in [0.15, 0.2) is 0 Å². The average Bonchev–Trinajstić information content (AvgIpc) is 2.72. The van der Waals surface area contributed by atoms with Crippen LogP contribution in [0.2, 0.25) is 0 Å². The zero-order valence-corrected chi connectivity index (χ0v) is 9.32. The van der Waals surface area contributed by atoms with Crippen LogP contribution in [0.5, 0.6) is 0 Å². The average molecular weight is 229 g/mol. The minimum atomic E-state index is -0.835. The van der Waals surface area contributed by atoms with E-state index in [9.17, 15) is 9.59 Å². The lowest BCUT2D eigenvalue weighted by Crippen LogP contribution is -2.39. The van der Waals surface area contributed by atoms with Crippen molar-refractivity contribution in [2.24, 2.45) is 11.7 Å². The molecule has 0 spiro atoms. The molecule has 16 heavy (non-hydrogen) atoms. The van der Waals surface area contributed by atoms with Gasteiger partial charge in [-0.2, -0.15) is 0 Å². The molecule has 2 amide bonds. The molecule has 0 radical (unpaired) electrons. The van der Waals surface area contributed by atoms with Crippen molar-refractivity contribution in [3.63, 3.8) is 0 Å². The van der Waals surface area contributed by atoms with Crippen LogP contribution in [-0.2, 0) is 4.79 Å². The van der Waals surface area contributed by atoms with Gasteiger partial charge >= 0.3 is 12.0 Å². The van der Waals surface area contributed by atoms with Crippen molar-refractivity contribution >= 4 is 12.0 Å². The number of nitrogens with one attached hydrogen (secondary N) is 1. The number of amides is 2. The fraction of sp³-hybridized carbons (Fsp3) is 0.800. The molecule has 4 N–H and O–H groups in total. The number of hydrogen-bond acceptors (Lipinski definition) is 3. The fourth-order valence-corrected chi connectivity index (χ4v) is 1.76. The molecule has 6 nitrogen and oxygen atoms in total. The molecule has 0 aromatic rings. The highest BCUT2D eigenvalue weighted by molar-refractivity contribution is 5.74. The van der Waals surface area contributed by atoms with Crippen LogP contribution in [-0.4, -0.2) is 48.2 Å². The SMILES string of the molecule is NCC1CCN(C(=O)NCCCC(=O)O)C1. The largest absolute Gasteiger partial charge is 0.481 e. The summed E-state index contributed by atoms with van der Waals surface area (Å²) in [5.41, 5.74) is 5.53. The van der Waals surface area contributed by atoms with Crippen molar-refractivity contribution in [1.29, 1.82) is 0 Å². The van der Waals surface area contributed by atoms with Gasteiger partial charge in [-0.05, 0) is 25.3 Å². The number of carbonyl (C=O) groups excluding carboxylic acids is 1. The second-order valence-electron chi connectivity index (χ2n) is 4.07. The second kappa shape index (κ2) is 6.32. The van der Waals surface area contributed by atoms with Crippen molar-refractivity contribution in [2.75, 3.05) is 26.2 Å². The van der Waals surface area contributed by atoms with Crippen molar-refractivity contribution in [1.82, 2.24) is 10.2 Å². The van der Waals surface area contributed by atoms with E-state index >= 15 is 0 Å². The Labute approximate surface area is 94.8 Å². The zero-order chi connectivity index (χ0) is 12.0. The summed E-state index contributed by atoms with van der Waals surface area (Å²) in [5.74, 6) is -0.427. The number of hydrogen-bond donors (Lipinski definition) is 3. The van der Waals surface area contributed by atoms with Crippen LogP contribution < -0.4 is 11.1 Å². The lowest BCUT2D eigenvalue weighted by atomic mass is 10.1. The topological polar surface area (TPSA) is 95.7 Å². The van der Waals surface area contributed by atoms with Gasteiger partial charge in [0.05, 0.1) is 0 Å². The molecule has 0 bridgehead atoms. The molecule has 0 aliphatic carbocycles. The maximum absolute atomic E-state index is 11.6. The maximum Gasteiger partial charge on any atom is 0.317 e. The highest BCUT2D eigenvalue weighted by Crippen LogP contribution is 2.14. The van der Waals surface area contributed by atoms with Gasteiger partial charge < -0.3 is 21.1 Å². The molecule has 1 saturated heterocycles. The minimum absolute atomic E-state index is 0.0890. The van der Waals surface area contributed by atoms with Crippen LogP contribution in [0, 0.1) is 5.92 Å². The summed E-state index contributed by atoms with van der Waals surface area (Å²) in [6.45, 7) is 2.48. The van der Waals surface area contributed by atoms with Crippen molar-refractivity contribution < 1.29 is 14.7 Å². The van der Waals surface area contributed by atoms with Gasteiger partial charge in [0, 0.05) is 26.1 Å². The third-order valence-corrected chi connectivity index (χ3v) is 2.75. The molecule has 1 heterocycles. The summed E-state index contributed by atoms with van der Waals surface area (Å²) in [7, 11) is 0. The fourth-order valence-electron chi connectivity index (χ4n) is 1.76. The maximum atomic E-state index is 11.6. The number of nitrogens with two attached hydrogens (primary N) is 1. The first kappa shape index (κ1) is 12.8. The molecule has 92 valence electrons. The first-order valence-electron chi connectivity index (χ1n) is 5.58. The van der Waals surface area contributed by atoms with E-state index in [2.05, 4.69) is 5.32 Å². The Morgan fingerprint density at radius 1 is 1.50 bits per heavy atom. The van der Waals surface area contributed by atoms with E-state index < -0.39 is 5.97 Å². The molecule has 1 aliphatic heterocycles. The van der Waals surface area contributed by atoms with Crippen molar-refractivity contribution in [2.45, 2.75) is 19.3 Å². The number of rotatable bonds is 5. The molecular weight excluding hydrogens is 210 g/mol. The van der Waals surface area contributed by atoms with Gasteiger partial charge in [0.2, 0.25) is 0 Å². The Balaban J connectivity index is 2.13. The second-order valence-corrected chi connectivity index (χ2v) is 4.07. The quantitative estimate of drug-likeness (QED) is 0.571. The highest BCUT2D eigenvalue weighted by Gasteiger charge is 2.24. The minimum Gasteiger partial charge on any atom is -0.481 e. The number of aliphatic carboxylic acids is 1. The molecular formula is C10H19N3O3. The summed E-state index contributed by atoms with van der Waals surface area (Å²) >= 11 is 0. The van der Waals surface area contributed by atoms with E-state index in [0.29, 0.717) is 32.0 Å². The van der Waals surface area contributed by atoms with Crippen LogP contribution in [0.25, 0.3) is 0 Å². The molecule has 6 heteroatoms. The van der Waals surface area contributed by atoms with E-state index in [1.54, 1.807) is 4.90 Å². The van der Waals surface area contributed by atoms with Gasteiger partial charge in [-0.25, -0.2) is 4.79 Å². The predicted octanol–water partition coefficient (Wildman–Crippen LogP) is -0.159. The lowest BCUT2D eigenvalue weighted by molar-refractivity contribution is -0.137. The molecule has 0 aromatic heterocycles. The molecule has 0 saturated carbocycles. The summed E-state index contributed by atoms with van der Waals surface area (Å²) in [6.07, 6.45) is 1.51. The van der Waals surface area contributed by atoms with E-state index in [-0.39, 0.29) is 12.5 Å². The Morgan fingerprint density at radius 3 is 2.81 bits per heavy atom. The summed E-state index contributed by atoms with van der Waals surface area (Å²) < 4.78 is 0. The van der Waals surface area contributed by atoms with E-state index in [1.165, 1.54) is 0 Å². The van der Waals surface area contributed by atoms with E-state index in [1.807, 2.05) is 0 Å². The molecule has 1 aliphatic rings. The van der Waals surface area contributed by atoms with Gasteiger partial charge in [0.1, 0.15) is 0 Å². The highest BCUT2D eigenvalue weighted by atomic mass is 16.4. The zero-order valence-electron chi connectivity index (χ0n) is 9.32. The third-order valence-electron chi connectivity index (χ3n) is 2.75. The Bertz CT molecular complexity index is 258. The van der Waals surface area contributed by atoms with E-state index in [4.69, 9.17) is 10.8 Å². The van der Waals surface area contributed by atoms with Crippen molar-refractivity contribution in [3.05, 3.63) is 0 Å². The summed E-state index contributed by atoms with van der Waals surface area (Å²) in [4.78, 5) is 23.6. The number of carbonyl (C=O) groups is 2. The van der Waals surface area contributed by atoms with Crippen LogP contribution in [0.1, 0.15) is 19.3 Å². The molecule has 1 fully saturated rings. The van der Waals surface area contributed by atoms with Gasteiger partial charge in [0.25, 0.3) is 0 Å². The number of urea groups is 1. The van der Waals surface area contributed by atoms with Crippen LogP contribution in [0.15, 0.2) is 0 Å². The normalized spacial score (nSPS) is 19.8. The monoisotopic (exact) mass is 229 g/mol. The molecule has 1 atom stereocenters. The van der Waals surface area contributed by atoms with Gasteiger partial charge in [-0.3, -0.25) is 4.79 Å². The van der Waals surface area contributed by atoms with Crippen LogP contribution in [0.3, 0.4) is 0 Å². The molecule has 1 rings (SSSR count). The van der Waals surface area contributed by atoms with Crippen molar-refractivity contribution in [3.8, 4) is 0 Å². The molecule has 1 unspecified atom stereocenters. The van der Waals surface area contributed by atoms with Gasteiger partial charge in [-0.15, -0.1) is 0 Å². The number of likely N-dealkylation sites (tertiary alicyclic amines) is 1. The first-order valence-corrected chi connectivity index (χ1v) is 5.58. The first-order chi connectivity index (χ1) is 7.63. The number of carboxylic acids is 1. The summed E-state index contributed by atoms with van der Waals surface area (Å²) in [5, 5.41) is 11.1. The van der Waals surface area contributed by atoms with Gasteiger partial charge in [-0.1, -0.05) is 0 Å². The molecule has 0 aromatic carbocycles. The Kier molecular flexibility index (Phi) is 5.04. The Hall–Kier alpha value is -1.30.